The van der Waals surface area contributed by atoms with Crippen LogP contribution in [0.4, 0.5) is 21.5 Å². The van der Waals surface area contributed by atoms with Gasteiger partial charge >= 0.3 is 0 Å². The van der Waals surface area contributed by atoms with Gasteiger partial charge in [0.15, 0.2) is 10.2 Å². The third kappa shape index (κ3) is 10.8. The van der Waals surface area contributed by atoms with Crippen molar-refractivity contribution in [3.8, 4) is 17.6 Å². The van der Waals surface area contributed by atoms with E-state index in [0.29, 0.717) is 33.6 Å². The quantitative estimate of drug-likeness (QED) is 0.112. The number of pyridine rings is 1. The van der Waals surface area contributed by atoms with Gasteiger partial charge in [-0.3, -0.25) is 19.4 Å². The van der Waals surface area contributed by atoms with Gasteiger partial charge in [-0.05, 0) is 42.0 Å². The molecule has 4 N–H and O–H groups in total. The second-order valence-corrected chi connectivity index (χ2v) is 13.5. The lowest BCUT2D eigenvalue weighted by molar-refractivity contribution is -0.118. The third-order valence-electron chi connectivity index (χ3n) is 6.82. The maximum Gasteiger partial charge on any atom is 0.229 e. The second kappa shape index (κ2) is 17.8. The second-order valence-electron chi connectivity index (χ2n) is 10.7. The maximum absolute atomic E-state index is 13.6. The van der Waals surface area contributed by atoms with Gasteiger partial charge in [0.05, 0.1) is 40.0 Å². The number of fused-ring (bicyclic) bond motifs is 1. The van der Waals surface area contributed by atoms with Crippen LogP contribution in [0.25, 0.3) is 10.9 Å². The number of halogens is 2. The lowest BCUT2D eigenvalue weighted by Gasteiger charge is -2.20. The number of anilines is 3. The number of hydrogen-bond donors (Lipinski definition) is 4. The van der Waals surface area contributed by atoms with E-state index in [1.807, 2.05) is 0 Å². The number of benzene rings is 3. The number of carbonyl (C=O) groups is 3. The molecule has 0 aliphatic rings. The molecule has 0 aliphatic carbocycles. The number of thioether (sulfide) groups is 2. The summed E-state index contributed by atoms with van der Waals surface area (Å²) in [6.45, 7) is 2.00. The zero-order valence-corrected chi connectivity index (χ0v) is 28.8. The molecule has 3 aromatic carbocycles. The van der Waals surface area contributed by atoms with Crippen molar-refractivity contribution < 1.29 is 38.5 Å². The van der Waals surface area contributed by atoms with E-state index in [1.165, 1.54) is 38.2 Å². The standard InChI is InChI=1S/C34H32ClFN4O7S2/c1-19(42)48-17-23(18-49-20(2)43)34(45)40-30-10-27-29(11-32(30)47-16-26(44)14-41)38-13-22(12-37)33(27)39-25-6-7-31(28(35)9-25)46-15-21-4-3-5-24(36)8-21/h3-11,13,23,26,41,44H,14-18H2,1-2H3,(H,38,39)(H,40,45)/t26-/m0/s1. The van der Waals surface area contributed by atoms with E-state index < -0.39 is 24.5 Å². The van der Waals surface area contributed by atoms with Crippen LogP contribution in [-0.2, 0) is 21.0 Å². The van der Waals surface area contributed by atoms with Crippen molar-refractivity contribution in [1.29, 1.82) is 5.26 Å². The van der Waals surface area contributed by atoms with Gasteiger partial charge in [-0.1, -0.05) is 47.3 Å². The van der Waals surface area contributed by atoms with Crippen molar-refractivity contribution in [1.82, 2.24) is 4.98 Å². The molecule has 0 radical (unpaired) electrons. The Morgan fingerprint density at radius 2 is 1.78 bits per heavy atom. The number of nitriles is 1. The highest BCUT2D eigenvalue weighted by atomic mass is 35.5. The Kier molecular flexibility index (Phi) is 13.6. The van der Waals surface area contributed by atoms with Crippen LogP contribution in [0.1, 0.15) is 25.0 Å². The minimum Gasteiger partial charge on any atom is -0.489 e. The summed E-state index contributed by atoms with van der Waals surface area (Å²) >= 11 is 8.44. The van der Waals surface area contributed by atoms with Crippen molar-refractivity contribution in [2.24, 2.45) is 5.92 Å². The van der Waals surface area contributed by atoms with Gasteiger partial charge < -0.3 is 30.3 Å². The summed E-state index contributed by atoms with van der Waals surface area (Å²) < 4.78 is 25.1. The molecule has 0 fully saturated rings. The van der Waals surface area contributed by atoms with Crippen LogP contribution in [0.15, 0.2) is 60.8 Å². The number of nitrogens with one attached hydrogen (secondary N) is 2. The molecule has 256 valence electrons. The first-order valence-corrected chi connectivity index (χ1v) is 17.1. The molecule has 0 spiro atoms. The van der Waals surface area contributed by atoms with Crippen molar-refractivity contribution in [2.75, 3.05) is 35.4 Å². The molecule has 1 atom stereocenters. The summed E-state index contributed by atoms with van der Waals surface area (Å²) in [5.74, 6) is -0.875. The first kappa shape index (κ1) is 37.4. The van der Waals surface area contributed by atoms with Gasteiger partial charge in [0.1, 0.15) is 42.7 Å². The SMILES string of the molecule is CC(=O)SCC(CSC(C)=O)C(=O)Nc1cc2c(Nc3ccc(OCc4cccc(F)c4)c(Cl)c3)c(C#N)cnc2cc1OC[C@@H](O)CO. The third-order valence-corrected chi connectivity index (χ3v) is 9.07. The normalized spacial score (nSPS) is 11.6. The van der Waals surface area contributed by atoms with Gasteiger partial charge in [-0.2, -0.15) is 5.26 Å². The predicted molar refractivity (Wildman–Crippen MR) is 189 cm³/mol. The van der Waals surface area contributed by atoms with E-state index in [9.17, 15) is 34.2 Å². The smallest absolute Gasteiger partial charge is 0.229 e. The van der Waals surface area contributed by atoms with E-state index in [2.05, 4.69) is 21.7 Å². The van der Waals surface area contributed by atoms with Crippen molar-refractivity contribution in [3.05, 3.63) is 82.8 Å². The lowest BCUT2D eigenvalue weighted by atomic mass is 10.1. The van der Waals surface area contributed by atoms with Crippen molar-refractivity contribution >= 4 is 79.2 Å². The average Bonchev–Trinajstić information content (AvgIpc) is 3.06. The van der Waals surface area contributed by atoms with E-state index in [-0.39, 0.29) is 62.8 Å². The van der Waals surface area contributed by atoms with Gasteiger partial charge in [0.25, 0.3) is 0 Å². The molecule has 11 nitrogen and oxygen atoms in total. The Labute approximate surface area is 295 Å². The zero-order chi connectivity index (χ0) is 35.5. The number of carbonyl (C=O) groups excluding carboxylic acids is 3. The fourth-order valence-corrected chi connectivity index (χ4v) is 6.19. The molecular formula is C34H32ClFN4O7S2. The Morgan fingerprint density at radius 3 is 2.41 bits per heavy atom. The molecule has 0 saturated carbocycles. The molecule has 4 rings (SSSR count). The summed E-state index contributed by atoms with van der Waals surface area (Å²) in [4.78, 5) is 41.2. The van der Waals surface area contributed by atoms with Gasteiger partial charge in [0.2, 0.25) is 5.91 Å². The van der Waals surface area contributed by atoms with Crippen molar-refractivity contribution in [2.45, 2.75) is 26.6 Å². The van der Waals surface area contributed by atoms with E-state index in [1.54, 1.807) is 36.4 Å². The number of amides is 1. The van der Waals surface area contributed by atoms with Crippen LogP contribution < -0.4 is 20.1 Å². The molecule has 1 heterocycles. The topological polar surface area (TPSA) is 171 Å². The number of aromatic nitrogens is 1. The molecule has 15 heteroatoms. The fraction of sp³-hybridized carbons (Fsp3) is 0.265. The summed E-state index contributed by atoms with van der Waals surface area (Å²) in [7, 11) is 0. The molecule has 0 unspecified atom stereocenters. The van der Waals surface area contributed by atoms with Gasteiger partial charge in [0, 0.05) is 48.7 Å². The number of nitrogens with zero attached hydrogens (tertiary/aromatic N) is 2. The van der Waals surface area contributed by atoms with Gasteiger partial charge in [-0.15, -0.1) is 0 Å². The molecule has 4 aromatic rings. The van der Waals surface area contributed by atoms with Gasteiger partial charge in [-0.25, -0.2) is 4.39 Å². The molecular weight excluding hydrogens is 695 g/mol. The number of aliphatic hydroxyl groups excluding tert-OH is 2. The Balaban J connectivity index is 1.69. The number of aliphatic hydroxyl groups is 2. The zero-order valence-electron chi connectivity index (χ0n) is 26.4. The average molecular weight is 727 g/mol. The number of rotatable bonds is 15. The molecule has 1 aromatic heterocycles. The minimum absolute atomic E-state index is 0.0911. The predicted octanol–water partition coefficient (Wildman–Crippen LogP) is 6.07. The highest BCUT2D eigenvalue weighted by Crippen LogP contribution is 2.38. The highest BCUT2D eigenvalue weighted by Gasteiger charge is 2.23. The molecule has 49 heavy (non-hydrogen) atoms. The first-order valence-electron chi connectivity index (χ1n) is 14.8. The Hall–Kier alpha value is -4.39. The number of ether oxygens (including phenoxy) is 2. The van der Waals surface area contributed by atoms with Crippen LogP contribution in [0.3, 0.4) is 0 Å². The summed E-state index contributed by atoms with van der Waals surface area (Å²) in [5, 5.41) is 35.5. The van der Waals surface area contributed by atoms with E-state index in [4.69, 9.17) is 21.1 Å². The molecule has 0 bridgehead atoms. The van der Waals surface area contributed by atoms with Crippen LogP contribution in [-0.4, -0.2) is 62.2 Å². The molecule has 1 amide bonds. The van der Waals surface area contributed by atoms with Crippen LogP contribution in [0.2, 0.25) is 5.02 Å². The fourth-order valence-electron chi connectivity index (χ4n) is 4.39. The van der Waals surface area contributed by atoms with Crippen LogP contribution in [0, 0.1) is 23.1 Å². The summed E-state index contributed by atoms with van der Waals surface area (Å²) in [6.07, 6.45) is 0.157. The van der Waals surface area contributed by atoms with Crippen LogP contribution in [0.5, 0.6) is 11.5 Å². The Bertz CT molecular complexity index is 1870. The molecule has 0 aliphatic heterocycles. The number of hydrogen-bond acceptors (Lipinski definition) is 12. The Morgan fingerprint density at radius 1 is 1.04 bits per heavy atom. The minimum atomic E-state index is -1.21. The molecule has 0 saturated heterocycles. The first-order chi connectivity index (χ1) is 23.5. The highest BCUT2D eigenvalue weighted by molar-refractivity contribution is 8.14. The monoisotopic (exact) mass is 726 g/mol. The van der Waals surface area contributed by atoms with Crippen molar-refractivity contribution in [3.63, 3.8) is 0 Å². The van der Waals surface area contributed by atoms with Crippen LogP contribution >= 0.6 is 35.1 Å². The maximum atomic E-state index is 13.6. The summed E-state index contributed by atoms with van der Waals surface area (Å²) in [5.41, 5.74) is 2.15. The lowest BCUT2D eigenvalue weighted by Crippen LogP contribution is -2.28. The van der Waals surface area contributed by atoms with E-state index in [0.717, 1.165) is 23.5 Å². The largest absolute Gasteiger partial charge is 0.489 e. The van der Waals surface area contributed by atoms with E-state index >= 15 is 0 Å². The summed E-state index contributed by atoms with van der Waals surface area (Å²) in [6, 6.07) is 16.1.